The highest BCUT2D eigenvalue weighted by atomic mass is 16.7. The molecule has 156 valence electrons. The van der Waals surface area contributed by atoms with Crippen LogP contribution in [0.2, 0.25) is 0 Å². The minimum absolute atomic E-state index is 0.247. The third kappa shape index (κ3) is 3.07. The summed E-state index contributed by atoms with van der Waals surface area (Å²) in [4.78, 5) is 34.4. The summed E-state index contributed by atoms with van der Waals surface area (Å²) < 4.78 is 5.28. The Balaban J connectivity index is 1.59. The van der Waals surface area contributed by atoms with E-state index in [0.717, 1.165) is 22.6 Å². The first-order chi connectivity index (χ1) is 15.1. The van der Waals surface area contributed by atoms with Crippen molar-refractivity contribution in [2.45, 2.75) is 19.1 Å². The Bertz CT molecular complexity index is 1130. The molecule has 2 saturated heterocycles. The molecule has 0 radical (unpaired) electrons. The molecule has 0 aromatic heterocycles. The number of fused-ring (bicyclic) bond motifs is 1. The minimum atomic E-state index is -0.876. The SMILES string of the molecule is COc1ccc(C2C3C(=O)N(c4ccccc4C)C(=O)C3ON2c2ccccc2)cc1. The van der Waals surface area contributed by atoms with Crippen molar-refractivity contribution < 1.29 is 19.2 Å². The van der Waals surface area contributed by atoms with Gasteiger partial charge in [0.25, 0.3) is 5.91 Å². The molecule has 0 spiro atoms. The van der Waals surface area contributed by atoms with Crippen molar-refractivity contribution in [1.29, 1.82) is 0 Å². The van der Waals surface area contributed by atoms with Gasteiger partial charge < -0.3 is 4.74 Å². The van der Waals surface area contributed by atoms with Crippen LogP contribution in [-0.4, -0.2) is 25.0 Å². The molecule has 6 heteroatoms. The molecular weight excluding hydrogens is 392 g/mol. The number of benzene rings is 3. The van der Waals surface area contributed by atoms with Crippen LogP contribution in [0.3, 0.4) is 0 Å². The summed E-state index contributed by atoms with van der Waals surface area (Å²) in [5, 5.41) is 1.70. The van der Waals surface area contributed by atoms with Crippen LogP contribution in [0.5, 0.6) is 5.75 Å². The molecule has 2 fully saturated rings. The molecule has 0 bridgehead atoms. The highest BCUT2D eigenvalue weighted by Crippen LogP contribution is 2.48. The van der Waals surface area contributed by atoms with Gasteiger partial charge in [0.1, 0.15) is 11.7 Å². The fourth-order valence-electron chi connectivity index (χ4n) is 4.41. The van der Waals surface area contributed by atoms with Crippen molar-refractivity contribution in [3.05, 3.63) is 90.0 Å². The fourth-order valence-corrected chi connectivity index (χ4v) is 4.41. The number of amides is 2. The zero-order valence-electron chi connectivity index (χ0n) is 17.3. The largest absolute Gasteiger partial charge is 0.497 e. The van der Waals surface area contributed by atoms with Crippen molar-refractivity contribution in [2.75, 3.05) is 17.1 Å². The Kier molecular flexibility index (Phi) is 4.71. The molecule has 2 aliphatic rings. The molecule has 3 aromatic carbocycles. The summed E-state index contributed by atoms with van der Waals surface area (Å²) in [5.74, 6) is -0.508. The molecule has 2 aliphatic heterocycles. The average Bonchev–Trinajstić information content (AvgIpc) is 3.31. The fraction of sp³-hybridized carbons (Fsp3) is 0.200. The molecule has 2 heterocycles. The standard InChI is InChI=1S/C25H22N2O4/c1-16-8-6-7-11-20(16)26-24(28)21-22(17-12-14-19(30-2)15-13-17)27(31-23(21)25(26)29)18-9-4-3-5-10-18/h3-15,21-23H,1-2H3. The van der Waals surface area contributed by atoms with Crippen molar-refractivity contribution in [1.82, 2.24) is 0 Å². The number of carbonyl (C=O) groups excluding carboxylic acids is 2. The molecule has 0 N–H and O–H groups in total. The number of carbonyl (C=O) groups is 2. The highest BCUT2D eigenvalue weighted by Gasteiger charge is 2.60. The van der Waals surface area contributed by atoms with Gasteiger partial charge in [-0.1, -0.05) is 48.5 Å². The van der Waals surface area contributed by atoms with Crippen LogP contribution < -0.4 is 14.7 Å². The second-order valence-corrected chi connectivity index (χ2v) is 7.73. The minimum Gasteiger partial charge on any atom is -0.497 e. The van der Waals surface area contributed by atoms with Crippen LogP contribution in [0.15, 0.2) is 78.9 Å². The van der Waals surface area contributed by atoms with Gasteiger partial charge in [0, 0.05) is 0 Å². The van der Waals surface area contributed by atoms with Crippen LogP contribution in [0.25, 0.3) is 0 Å². The first-order valence-electron chi connectivity index (χ1n) is 10.2. The van der Waals surface area contributed by atoms with Crippen molar-refractivity contribution in [2.24, 2.45) is 5.92 Å². The van der Waals surface area contributed by atoms with Crippen LogP contribution in [0.1, 0.15) is 17.2 Å². The van der Waals surface area contributed by atoms with E-state index in [1.54, 1.807) is 18.2 Å². The maximum absolute atomic E-state index is 13.6. The zero-order valence-corrected chi connectivity index (χ0v) is 17.3. The number of rotatable bonds is 4. The summed E-state index contributed by atoms with van der Waals surface area (Å²) in [6.07, 6.45) is -0.876. The summed E-state index contributed by atoms with van der Waals surface area (Å²) in [6, 6.07) is 24.0. The summed E-state index contributed by atoms with van der Waals surface area (Å²) in [6.45, 7) is 1.89. The molecule has 6 nitrogen and oxygen atoms in total. The maximum atomic E-state index is 13.6. The van der Waals surface area contributed by atoms with Gasteiger partial charge in [0.2, 0.25) is 5.91 Å². The van der Waals surface area contributed by atoms with E-state index in [4.69, 9.17) is 9.57 Å². The first-order valence-corrected chi connectivity index (χ1v) is 10.2. The van der Waals surface area contributed by atoms with Crippen molar-refractivity contribution >= 4 is 23.2 Å². The molecule has 0 aliphatic carbocycles. The van der Waals surface area contributed by atoms with Crippen LogP contribution >= 0.6 is 0 Å². The predicted octanol–water partition coefficient (Wildman–Crippen LogP) is 4.05. The van der Waals surface area contributed by atoms with E-state index in [2.05, 4.69) is 0 Å². The number of nitrogens with zero attached hydrogens (tertiary/aromatic N) is 2. The number of hydroxylamine groups is 1. The predicted molar refractivity (Wildman–Crippen MR) is 117 cm³/mol. The number of para-hydroxylation sites is 2. The van der Waals surface area contributed by atoms with E-state index in [0.29, 0.717) is 5.69 Å². The zero-order chi connectivity index (χ0) is 21.5. The number of hydrogen-bond acceptors (Lipinski definition) is 5. The number of anilines is 2. The van der Waals surface area contributed by atoms with E-state index in [1.807, 2.05) is 79.7 Å². The number of aryl methyl sites for hydroxylation is 1. The van der Waals surface area contributed by atoms with Gasteiger partial charge in [0.15, 0.2) is 6.10 Å². The second kappa shape index (κ2) is 7.56. The van der Waals surface area contributed by atoms with E-state index in [1.165, 1.54) is 4.90 Å². The Morgan fingerprint density at radius 1 is 0.839 bits per heavy atom. The number of ether oxygens (including phenoxy) is 1. The quantitative estimate of drug-likeness (QED) is 0.603. The smallest absolute Gasteiger partial charge is 0.266 e. The van der Waals surface area contributed by atoms with Crippen LogP contribution in [0, 0.1) is 12.8 Å². The summed E-state index contributed by atoms with van der Waals surface area (Å²) >= 11 is 0. The van der Waals surface area contributed by atoms with Crippen LogP contribution in [0.4, 0.5) is 11.4 Å². The normalized spacial score (nSPS) is 22.7. The number of methoxy groups -OCH3 is 1. The molecule has 3 unspecified atom stereocenters. The summed E-state index contributed by atoms with van der Waals surface area (Å²) in [5.41, 5.74) is 3.14. The van der Waals surface area contributed by atoms with Gasteiger partial charge >= 0.3 is 0 Å². The van der Waals surface area contributed by atoms with Crippen molar-refractivity contribution in [3.8, 4) is 5.75 Å². The molecule has 3 aromatic rings. The van der Waals surface area contributed by atoms with Gasteiger partial charge in [-0.3, -0.25) is 14.4 Å². The molecular formula is C25H22N2O4. The molecule has 0 saturated carbocycles. The van der Waals surface area contributed by atoms with E-state index in [9.17, 15) is 9.59 Å². The maximum Gasteiger partial charge on any atom is 0.266 e. The third-order valence-electron chi connectivity index (χ3n) is 5.94. The van der Waals surface area contributed by atoms with Gasteiger partial charge in [-0.05, 0) is 48.4 Å². The van der Waals surface area contributed by atoms with Crippen molar-refractivity contribution in [3.63, 3.8) is 0 Å². The third-order valence-corrected chi connectivity index (χ3v) is 5.94. The highest BCUT2D eigenvalue weighted by molar-refractivity contribution is 6.24. The van der Waals surface area contributed by atoms with Crippen LogP contribution in [-0.2, 0) is 14.4 Å². The molecule has 3 atom stereocenters. The molecule has 2 amide bonds. The summed E-state index contributed by atoms with van der Waals surface area (Å²) in [7, 11) is 1.61. The van der Waals surface area contributed by atoms with E-state index < -0.39 is 18.1 Å². The lowest BCUT2D eigenvalue weighted by atomic mass is 9.90. The van der Waals surface area contributed by atoms with E-state index >= 15 is 0 Å². The van der Waals surface area contributed by atoms with Gasteiger partial charge in [-0.2, -0.15) is 0 Å². The molecule has 31 heavy (non-hydrogen) atoms. The average molecular weight is 414 g/mol. The monoisotopic (exact) mass is 414 g/mol. The lowest BCUT2D eigenvalue weighted by Crippen LogP contribution is -2.37. The number of hydrogen-bond donors (Lipinski definition) is 0. The van der Waals surface area contributed by atoms with Gasteiger partial charge in [-0.15, -0.1) is 0 Å². The first kappa shape index (κ1) is 19.3. The Morgan fingerprint density at radius 3 is 2.19 bits per heavy atom. The van der Waals surface area contributed by atoms with Gasteiger partial charge in [0.05, 0.1) is 24.5 Å². The Labute approximate surface area is 180 Å². The lowest BCUT2D eigenvalue weighted by Gasteiger charge is -2.29. The Hall–Kier alpha value is -3.64. The number of imide groups is 1. The second-order valence-electron chi connectivity index (χ2n) is 7.73. The van der Waals surface area contributed by atoms with Gasteiger partial charge in [-0.25, -0.2) is 9.96 Å². The van der Waals surface area contributed by atoms with E-state index in [-0.39, 0.29) is 11.8 Å². The topological polar surface area (TPSA) is 59.1 Å². The molecule has 5 rings (SSSR count). The lowest BCUT2D eigenvalue weighted by molar-refractivity contribution is -0.126. The Morgan fingerprint density at radius 2 is 1.52 bits per heavy atom.